The van der Waals surface area contributed by atoms with E-state index in [0.29, 0.717) is 12.3 Å². The molecule has 0 spiro atoms. The molecule has 4 nitrogen and oxygen atoms in total. The molecule has 0 radical (unpaired) electrons. The van der Waals surface area contributed by atoms with Crippen molar-refractivity contribution in [1.82, 2.24) is 0 Å². The fraction of sp³-hybridized carbons (Fsp3) is 0.222. The molecule has 0 amide bonds. The molecule has 0 aromatic heterocycles. The van der Waals surface area contributed by atoms with Crippen LogP contribution < -0.4 is 0 Å². The molecule has 1 unspecified atom stereocenters. The number of hydrogen-bond donors (Lipinski definition) is 1. The lowest BCUT2D eigenvalue weighted by atomic mass is 9.97. The van der Waals surface area contributed by atoms with Gasteiger partial charge in [0.1, 0.15) is 6.61 Å². The molecule has 4 heteroatoms. The van der Waals surface area contributed by atoms with E-state index in [0.717, 1.165) is 16.3 Å². The zero-order chi connectivity index (χ0) is 15.6. The topological polar surface area (TPSA) is 58.9 Å². The van der Waals surface area contributed by atoms with Gasteiger partial charge in [0.05, 0.1) is 0 Å². The first-order valence-corrected chi connectivity index (χ1v) is 7.22. The van der Waals surface area contributed by atoms with Gasteiger partial charge in [0.25, 0.3) is 0 Å². The summed E-state index contributed by atoms with van der Waals surface area (Å²) in [5, 5.41) is 11.6. The van der Waals surface area contributed by atoms with Gasteiger partial charge in [-0.1, -0.05) is 48.6 Å². The highest BCUT2D eigenvalue weighted by Gasteiger charge is 2.43. The maximum atomic E-state index is 11.6. The van der Waals surface area contributed by atoms with E-state index in [1.165, 1.54) is 0 Å². The van der Waals surface area contributed by atoms with Crippen molar-refractivity contribution < 1.29 is 14.6 Å². The van der Waals surface area contributed by atoms with E-state index in [9.17, 15) is 9.90 Å². The minimum atomic E-state index is -1.22. The molecule has 1 atom stereocenters. The van der Waals surface area contributed by atoms with E-state index in [-0.39, 0.29) is 6.61 Å². The number of allylic oxidation sites excluding steroid dienone is 1. The summed E-state index contributed by atoms with van der Waals surface area (Å²) in [6.07, 6.45) is 3.97. The van der Waals surface area contributed by atoms with Crippen molar-refractivity contribution in [1.29, 1.82) is 0 Å². The molecule has 0 fully saturated rings. The van der Waals surface area contributed by atoms with Crippen LogP contribution in [0.4, 0.5) is 0 Å². The number of carbonyl (C=O) groups is 1. The zero-order valence-electron chi connectivity index (χ0n) is 12.3. The Kier molecular flexibility index (Phi) is 3.67. The number of ether oxygens (including phenoxy) is 1. The number of carboxylic acids is 1. The largest absolute Gasteiger partial charge is 0.479 e. The van der Waals surface area contributed by atoms with Gasteiger partial charge >= 0.3 is 5.97 Å². The summed E-state index contributed by atoms with van der Waals surface area (Å²) in [6, 6.07) is 13.8. The lowest BCUT2D eigenvalue weighted by Crippen LogP contribution is -2.37. The van der Waals surface area contributed by atoms with Crippen LogP contribution in [0.5, 0.6) is 0 Å². The van der Waals surface area contributed by atoms with Crippen LogP contribution >= 0.6 is 0 Å². The summed E-state index contributed by atoms with van der Waals surface area (Å²) >= 11 is 0. The number of carboxylic acid groups (broad SMARTS) is 1. The molecular weight excluding hydrogens is 278 g/mol. The van der Waals surface area contributed by atoms with Crippen LogP contribution in [-0.2, 0) is 9.53 Å². The van der Waals surface area contributed by atoms with Crippen LogP contribution in [0, 0.1) is 0 Å². The molecule has 1 N–H and O–H groups in total. The first-order chi connectivity index (χ1) is 10.7. The molecular formula is C18H17NO3. The molecule has 0 bridgehead atoms. The zero-order valence-corrected chi connectivity index (χ0v) is 12.3. The smallest absolute Gasteiger partial charge is 0.335 e. The Morgan fingerprint density at radius 3 is 2.86 bits per heavy atom. The maximum Gasteiger partial charge on any atom is 0.335 e. The quantitative estimate of drug-likeness (QED) is 0.879. The van der Waals surface area contributed by atoms with Crippen LogP contribution in [-0.4, -0.2) is 29.1 Å². The highest BCUT2D eigenvalue weighted by atomic mass is 16.5. The number of nitrogens with zero attached hydrogens (tertiary/aromatic N) is 1. The van der Waals surface area contributed by atoms with E-state index < -0.39 is 11.5 Å². The van der Waals surface area contributed by atoms with Crippen LogP contribution in [0.15, 0.2) is 59.6 Å². The molecule has 1 heterocycles. The minimum absolute atomic E-state index is 0.0607. The third-order valence-electron chi connectivity index (χ3n) is 3.87. The molecule has 2 aromatic carbocycles. The van der Waals surface area contributed by atoms with E-state index in [2.05, 4.69) is 4.99 Å². The highest BCUT2D eigenvalue weighted by Crippen LogP contribution is 2.29. The van der Waals surface area contributed by atoms with Crippen LogP contribution in [0.2, 0.25) is 0 Å². The van der Waals surface area contributed by atoms with E-state index in [1.807, 2.05) is 61.5 Å². The van der Waals surface area contributed by atoms with Gasteiger partial charge in [-0.25, -0.2) is 9.79 Å². The van der Waals surface area contributed by atoms with Crippen LogP contribution in [0.3, 0.4) is 0 Å². The van der Waals surface area contributed by atoms with Gasteiger partial charge in [0.2, 0.25) is 5.90 Å². The van der Waals surface area contributed by atoms with Gasteiger partial charge in [0.15, 0.2) is 5.54 Å². The van der Waals surface area contributed by atoms with Gasteiger partial charge in [-0.05, 0) is 23.8 Å². The third kappa shape index (κ3) is 2.37. The van der Waals surface area contributed by atoms with Gasteiger partial charge < -0.3 is 9.84 Å². The number of aliphatic carboxylic acids is 1. The average molecular weight is 295 g/mol. The second-order valence-corrected chi connectivity index (χ2v) is 5.34. The van der Waals surface area contributed by atoms with Gasteiger partial charge in [-0.2, -0.15) is 0 Å². The molecule has 2 aromatic rings. The SMILES string of the molecule is C/C=C/CC1(C(=O)O)COC(c2cccc3ccccc23)=N1. The van der Waals surface area contributed by atoms with Gasteiger partial charge in [-0.15, -0.1) is 0 Å². The van der Waals surface area contributed by atoms with E-state index in [4.69, 9.17) is 4.74 Å². The molecule has 1 aliphatic heterocycles. The number of benzene rings is 2. The molecule has 0 aliphatic carbocycles. The second kappa shape index (κ2) is 5.64. The first-order valence-electron chi connectivity index (χ1n) is 7.22. The molecule has 22 heavy (non-hydrogen) atoms. The van der Waals surface area contributed by atoms with E-state index >= 15 is 0 Å². The fourth-order valence-electron chi connectivity index (χ4n) is 2.61. The predicted molar refractivity (Wildman–Crippen MR) is 86.2 cm³/mol. The Bertz CT molecular complexity index is 774. The van der Waals surface area contributed by atoms with Crippen molar-refractivity contribution in [3.8, 4) is 0 Å². The Balaban J connectivity index is 2.08. The van der Waals surface area contributed by atoms with E-state index in [1.54, 1.807) is 0 Å². The number of hydrogen-bond acceptors (Lipinski definition) is 3. The first kappa shape index (κ1) is 14.3. The summed E-state index contributed by atoms with van der Waals surface area (Å²) in [5.41, 5.74) is -0.389. The summed E-state index contributed by atoms with van der Waals surface area (Å²) in [7, 11) is 0. The van der Waals surface area contributed by atoms with Crippen molar-refractivity contribution in [2.45, 2.75) is 18.9 Å². The molecule has 112 valence electrons. The van der Waals surface area contributed by atoms with Crippen molar-refractivity contribution in [3.63, 3.8) is 0 Å². The Morgan fingerprint density at radius 2 is 2.09 bits per heavy atom. The summed E-state index contributed by atoms with van der Waals surface area (Å²) in [4.78, 5) is 16.1. The number of aliphatic imine (C=N–C) groups is 1. The molecule has 0 saturated carbocycles. The van der Waals surface area contributed by atoms with Crippen LogP contribution in [0.1, 0.15) is 18.9 Å². The normalized spacial score (nSPS) is 21.0. The summed E-state index contributed by atoms with van der Waals surface area (Å²) in [6.45, 7) is 1.92. The van der Waals surface area contributed by atoms with Gasteiger partial charge in [-0.3, -0.25) is 0 Å². The maximum absolute atomic E-state index is 11.6. The minimum Gasteiger partial charge on any atom is -0.479 e. The lowest BCUT2D eigenvalue weighted by molar-refractivity contribution is -0.143. The molecule has 1 aliphatic rings. The number of rotatable bonds is 4. The van der Waals surface area contributed by atoms with Crippen molar-refractivity contribution in [2.75, 3.05) is 6.61 Å². The lowest BCUT2D eigenvalue weighted by Gasteiger charge is -2.15. The van der Waals surface area contributed by atoms with Gasteiger partial charge in [0, 0.05) is 12.0 Å². The molecule has 0 saturated heterocycles. The Labute approximate surface area is 128 Å². The highest BCUT2D eigenvalue weighted by molar-refractivity contribution is 6.08. The average Bonchev–Trinajstić information content (AvgIpc) is 2.98. The van der Waals surface area contributed by atoms with Crippen molar-refractivity contribution >= 4 is 22.6 Å². The monoisotopic (exact) mass is 295 g/mol. The summed E-state index contributed by atoms with van der Waals surface area (Å²) in [5.74, 6) is -0.551. The molecule has 3 rings (SSSR count). The third-order valence-corrected chi connectivity index (χ3v) is 3.87. The Hall–Kier alpha value is -2.62. The summed E-state index contributed by atoms with van der Waals surface area (Å²) < 4.78 is 5.66. The van der Waals surface area contributed by atoms with Crippen LogP contribution in [0.25, 0.3) is 10.8 Å². The fourth-order valence-corrected chi connectivity index (χ4v) is 2.61. The van der Waals surface area contributed by atoms with Crippen molar-refractivity contribution in [3.05, 3.63) is 60.2 Å². The second-order valence-electron chi connectivity index (χ2n) is 5.34. The Morgan fingerprint density at radius 1 is 1.32 bits per heavy atom. The predicted octanol–water partition coefficient (Wildman–Crippen LogP) is 3.41. The number of fused-ring (bicyclic) bond motifs is 1. The standard InChI is InChI=1S/C18H17NO3/c1-2-3-11-18(17(20)21)12-22-16(19-18)15-10-6-8-13-7-4-5-9-14(13)15/h2-10H,11-12H2,1H3,(H,20,21)/b3-2+. The van der Waals surface area contributed by atoms with Crippen molar-refractivity contribution in [2.24, 2.45) is 4.99 Å².